The summed E-state index contributed by atoms with van der Waals surface area (Å²) >= 11 is 6.19. The van der Waals surface area contributed by atoms with E-state index in [9.17, 15) is 9.59 Å². The lowest BCUT2D eigenvalue weighted by atomic mass is 10.0. The number of anilines is 1. The second kappa shape index (κ2) is 7.15. The molecule has 2 aromatic rings. The Kier molecular flexibility index (Phi) is 4.95. The predicted octanol–water partition coefficient (Wildman–Crippen LogP) is 4.53. The van der Waals surface area contributed by atoms with Gasteiger partial charge in [0.15, 0.2) is 0 Å². The van der Waals surface area contributed by atoms with Crippen molar-refractivity contribution in [3.8, 4) is 5.75 Å². The molecular weight excluding hydrogens is 340 g/mol. The van der Waals surface area contributed by atoms with E-state index in [1.165, 1.54) is 4.90 Å². The Hall–Kier alpha value is -2.53. The van der Waals surface area contributed by atoms with Gasteiger partial charge in [-0.15, -0.1) is 0 Å². The van der Waals surface area contributed by atoms with Crippen LogP contribution in [0.4, 0.5) is 10.5 Å². The number of rotatable bonds is 4. The monoisotopic (exact) mass is 358 g/mol. The van der Waals surface area contributed by atoms with Crippen molar-refractivity contribution < 1.29 is 14.3 Å². The van der Waals surface area contributed by atoms with Gasteiger partial charge in [0.25, 0.3) is 5.91 Å². The van der Waals surface area contributed by atoms with Gasteiger partial charge in [0.05, 0.1) is 11.3 Å². The first-order chi connectivity index (χ1) is 12.0. The number of ether oxygens (including phenoxy) is 1. The van der Waals surface area contributed by atoms with Crippen LogP contribution in [0.5, 0.6) is 5.75 Å². The fourth-order valence-corrected chi connectivity index (χ4v) is 2.84. The maximum Gasteiger partial charge on any atom is 0.417 e. The Bertz CT molecular complexity index is 802. The van der Waals surface area contributed by atoms with Crippen molar-refractivity contribution in [2.75, 3.05) is 19.4 Å². The van der Waals surface area contributed by atoms with Crippen LogP contribution in [0.25, 0.3) is 0 Å². The van der Waals surface area contributed by atoms with Crippen molar-refractivity contribution in [3.05, 3.63) is 58.6 Å². The molecule has 0 atom stereocenters. The van der Waals surface area contributed by atoms with Gasteiger partial charge in [0.1, 0.15) is 5.75 Å². The molecule has 0 aromatic heterocycles. The first kappa shape index (κ1) is 17.3. The minimum Gasteiger partial charge on any atom is -0.410 e. The molecule has 0 unspecified atom stereocenters. The van der Waals surface area contributed by atoms with Crippen molar-refractivity contribution in [2.45, 2.75) is 18.8 Å². The zero-order valence-corrected chi connectivity index (χ0v) is 14.8. The van der Waals surface area contributed by atoms with Gasteiger partial charge in [-0.3, -0.25) is 10.1 Å². The third-order valence-corrected chi connectivity index (χ3v) is 4.19. The SMILES string of the molecule is CN(C)C(=O)c1cc(Cl)cc(C2CC2)c1NC(=O)Oc1ccccc1. The molecule has 1 saturated carbocycles. The second-order valence-corrected chi connectivity index (χ2v) is 6.66. The lowest BCUT2D eigenvalue weighted by Crippen LogP contribution is -2.25. The van der Waals surface area contributed by atoms with Gasteiger partial charge in [0, 0.05) is 19.1 Å². The van der Waals surface area contributed by atoms with Crippen LogP contribution >= 0.6 is 11.6 Å². The smallest absolute Gasteiger partial charge is 0.410 e. The van der Waals surface area contributed by atoms with E-state index in [1.54, 1.807) is 44.4 Å². The average Bonchev–Trinajstić information content (AvgIpc) is 3.41. The van der Waals surface area contributed by atoms with E-state index in [1.807, 2.05) is 12.1 Å². The highest BCUT2D eigenvalue weighted by Gasteiger charge is 2.30. The first-order valence-electron chi connectivity index (χ1n) is 8.04. The van der Waals surface area contributed by atoms with E-state index in [4.69, 9.17) is 16.3 Å². The molecule has 0 spiro atoms. The van der Waals surface area contributed by atoms with Crippen LogP contribution in [0.15, 0.2) is 42.5 Å². The molecule has 2 amide bonds. The summed E-state index contributed by atoms with van der Waals surface area (Å²) in [4.78, 5) is 26.3. The highest BCUT2D eigenvalue weighted by Crippen LogP contribution is 2.45. The van der Waals surface area contributed by atoms with E-state index >= 15 is 0 Å². The fraction of sp³-hybridized carbons (Fsp3) is 0.263. The highest BCUT2D eigenvalue weighted by molar-refractivity contribution is 6.31. The Labute approximate surface area is 151 Å². The zero-order chi connectivity index (χ0) is 18.0. The molecule has 0 radical (unpaired) electrons. The van der Waals surface area contributed by atoms with Gasteiger partial charge in [-0.1, -0.05) is 29.8 Å². The van der Waals surface area contributed by atoms with Gasteiger partial charge in [-0.2, -0.15) is 0 Å². The maximum atomic E-state index is 12.5. The number of amides is 2. The number of hydrogen-bond acceptors (Lipinski definition) is 3. The van der Waals surface area contributed by atoms with Crippen molar-refractivity contribution in [1.82, 2.24) is 4.90 Å². The summed E-state index contributed by atoms with van der Waals surface area (Å²) < 4.78 is 5.29. The average molecular weight is 359 g/mol. The summed E-state index contributed by atoms with van der Waals surface area (Å²) in [7, 11) is 3.32. The maximum absolute atomic E-state index is 12.5. The first-order valence-corrected chi connectivity index (χ1v) is 8.42. The number of nitrogens with zero attached hydrogens (tertiary/aromatic N) is 1. The summed E-state index contributed by atoms with van der Waals surface area (Å²) in [5.41, 5.74) is 1.72. The Morgan fingerprint density at radius 2 is 1.84 bits per heavy atom. The minimum absolute atomic E-state index is 0.223. The Morgan fingerprint density at radius 3 is 2.44 bits per heavy atom. The highest BCUT2D eigenvalue weighted by atomic mass is 35.5. The van der Waals surface area contributed by atoms with Gasteiger partial charge in [0.2, 0.25) is 0 Å². The number of hydrogen-bond donors (Lipinski definition) is 1. The van der Waals surface area contributed by atoms with Gasteiger partial charge in [-0.05, 0) is 48.6 Å². The molecule has 5 nitrogen and oxygen atoms in total. The molecule has 130 valence electrons. The van der Waals surface area contributed by atoms with Gasteiger partial charge < -0.3 is 9.64 Å². The van der Waals surface area contributed by atoms with Crippen LogP contribution in [0.1, 0.15) is 34.7 Å². The number of para-hydroxylation sites is 1. The van der Waals surface area contributed by atoms with Crippen LogP contribution in [-0.2, 0) is 0 Å². The topological polar surface area (TPSA) is 58.6 Å². The summed E-state index contributed by atoms with van der Waals surface area (Å²) in [6.45, 7) is 0. The molecule has 6 heteroatoms. The molecule has 2 aromatic carbocycles. The molecule has 0 aliphatic heterocycles. The molecule has 0 saturated heterocycles. The van der Waals surface area contributed by atoms with Crippen LogP contribution < -0.4 is 10.1 Å². The molecule has 1 fully saturated rings. The molecule has 25 heavy (non-hydrogen) atoms. The van der Waals surface area contributed by atoms with Crippen molar-refractivity contribution in [3.63, 3.8) is 0 Å². The number of benzene rings is 2. The number of carbonyl (C=O) groups is 2. The Balaban J connectivity index is 1.92. The predicted molar refractivity (Wildman–Crippen MR) is 97.5 cm³/mol. The van der Waals surface area contributed by atoms with E-state index in [2.05, 4.69) is 5.32 Å². The molecule has 0 bridgehead atoms. The van der Waals surface area contributed by atoms with Gasteiger partial charge in [-0.25, -0.2) is 4.79 Å². The lowest BCUT2D eigenvalue weighted by molar-refractivity contribution is 0.0828. The summed E-state index contributed by atoms with van der Waals surface area (Å²) in [6.07, 6.45) is 1.39. The van der Waals surface area contributed by atoms with E-state index in [0.29, 0.717) is 27.9 Å². The third kappa shape index (κ3) is 4.12. The molecule has 3 rings (SSSR count). The minimum atomic E-state index is -0.636. The summed E-state index contributed by atoms with van der Waals surface area (Å²) in [5.74, 6) is 0.515. The van der Waals surface area contributed by atoms with Crippen LogP contribution in [0.3, 0.4) is 0 Å². The van der Waals surface area contributed by atoms with Crippen LogP contribution in [0, 0.1) is 0 Å². The van der Waals surface area contributed by atoms with Crippen molar-refractivity contribution >= 4 is 29.3 Å². The van der Waals surface area contributed by atoms with Crippen LogP contribution in [-0.4, -0.2) is 31.0 Å². The zero-order valence-electron chi connectivity index (χ0n) is 14.1. The molecule has 1 aliphatic rings. The molecule has 1 aliphatic carbocycles. The number of carbonyl (C=O) groups excluding carboxylic acids is 2. The second-order valence-electron chi connectivity index (χ2n) is 6.22. The van der Waals surface area contributed by atoms with Crippen molar-refractivity contribution in [1.29, 1.82) is 0 Å². The molecule has 0 heterocycles. The fourth-order valence-electron chi connectivity index (χ4n) is 2.62. The quantitative estimate of drug-likeness (QED) is 0.873. The van der Waals surface area contributed by atoms with E-state index in [-0.39, 0.29) is 5.91 Å². The standard InChI is InChI=1S/C19H19ClN2O3/c1-22(2)18(23)16-11-13(20)10-15(12-8-9-12)17(16)21-19(24)25-14-6-4-3-5-7-14/h3-7,10-12H,8-9H2,1-2H3,(H,21,24). The summed E-state index contributed by atoms with van der Waals surface area (Å²) in [6, 6.07) is 12.2. The largest absolute Gasteiger partial charge is 0.417 e. The number of halogens is 1. The molecular formula is C19H19ClN2O3. The Morgan fingerprint density at radius 1 is 1.16 bits per heavy atom. The van der Waals surface area contributed by atoms with Crippen LogP contribution in [0.2, 0.25) is 5.02 Å². The lowest BCUT2D eigenvalue weighted by Gasteiger charge is -2.18. The number of nitrogens with one attached hydrogen (secondary N) is 1. The normalized spacial score (nSPS) is 13.2. The van der Waals surface area contributed by atoms with E-state index < -0.39 is 6.09 Å². The summed E-state index contributed by atoms with van der Waals surface area (Å²) in [5, 5.41) is 3.23. The van der Waals surface area contributed by atoms with E-state index in [0.717, 1.165) is 18.4 Å². The molecule has 1 N–H and O–H groups in total. The van der Waals surface area contributed by atoms with Gasteiger partial charge >= 0.3 is 6.09 Å². The third-order valence-electron chi connectivity index (χ3n) is 3.97. The van der Waals surface area contributed by atoms with Crippen molar-refractivity contribution in [2.24, 2.45) is 0 Å².